The number of hydrogen-bond acceptors (Lipinski definition) is 2. The molecule has 2 rings (SSSR count). The lowest BCUT2D eigenvalue weighted by atomic mass is 9.62. The van der Waals surface area contributed by atoms with Gasteiger partial charge in [-0.1, -0.05) is 33.6 Å². The molecule has 1 saturated carbocycles. The van der Waals surface area contributed by atoms with Gasteiger partial charge in [0.05, 0.1) is 9.39 Å². The second-order valence-electron chi connectivity index (χ2n) is 6.65. The smallest absolute Gasteiger partial charge is 0.0728 e. The van der Waals surface area contributed by atoms with Gasteiger partial charge in [0.25, 0.3) is 0 Å². The Kier molecular flexibility index (Phi) is 4.25. The molecule has 102 valence electrons. The second kappa shape index (κ2) is 5.26. The average Bonchev–Trinajstić information content (AvgIpc) is 2.62. The maximum atomic E-state index is 11.1. The van der Waals surface area contributed by atoms with Crippen LogP contribution in [0.15, 0.2) is 15.9 Å². The van der Waals surface area contributed by atoms with E-state index in [1.165, 1.54) is 11.3 Å². The van der Waals surface area contributed by atoms with Gasteiger partial charge in [-0.2, -0.15) is 0 Å². The lowest BCUT2D eigenvalue weighted by molar-refractivity contribution is -0.0884. The van der Waals surface area contributed by atoms with Gasteiger partial charge in [0, 0.05) is 11.3 Å². The summed E-state index contributed by atoms with van der Waals surface area (Å²) in [6.07, 6.45) is 5.34. The highest BCUT2D eigenvalue weighted by Crippen LogP contribution is 2.46. The zero-order chi connectivity index (χ0) is 13.4. The normalized spacial score (nSPS) is 29.5. The Morgan fingerprint density at radius 3 is 2.67 bits per heavy atom. The minimum Gasteiger partial charge on any atom is -0.389 e. The van der Waals surface area contributed by atoms with Crippen LogP contribution in [0.25, 0.3) is 0 Å². The van der Waals surface area contributed by atoms with Crippen LogP contribution in [0.1, 0.15) is 51.3 Å². The third-order valence-corrected chi connectivity index (χ3v) is 5.78. The van der Waals surface area contributed by atoms with E-state index >= 15 is 0 Å². The van der Waals surface area contributed by atoms with Gasteiger partial charge in [-0.05, 0) is 52.2 Å². The molecule has 1 aliphatic rings. The summed E-state index contributed by atoms with van der Waals surface area (Å²) in [6, 6.07) is 4.22. The number of hydrogen-bond donors (Lipinski definition) is 1. The Morgan fingerprint density at radius 1 is 1.39 bits per heavy atom. The van der Waals surface area contributed by atoms with Crippen LogP contribution in [-0.4, -0.2) is 10.7 Å². The topological polar surface area (TPSA) is 20.2 Å². The molecule has 1 aromatic heterocycles. The standard InChI is InChI=1S/C15H23BrOS/c1-14(2,3)12-6-4-5-9-15(12,17)10-11-7-8-13(16)18-11/h7-8,12,17H,4-6,9-10H2,1-3H3. The van der Waals surface area contributed by atoms with Gasteiger partial charge in [0.15, 0.2) is 0 Å². The zero-order valence-electron chi connectivity index (χ0n) is 11.5. The van der Waals surface area contributed by atoms with Gasteiger partial charge in [-0.3, -0.25) is 0 Å². The van der Waals surface area contributed by atoms with Crippen LogP contribution in [0.4, 0.5) is 0 Å². The van der Waals surface area contributed by atoms with E-state index in [0.29, 0.717) is 5.92 Å². The number of thiophene rings is 1. The summed E-state index contributed by atoms with van der Waals surface area (Å²) in [5.41, 5.74) is -0.329. The predicted molar refractivity (Wildman–Crippen MR) is 82.1 cm³/mol. The maximum Gasteiger partial charge on any atom is 0.0728 e. The van der Waals surface area contributed by atoms with Gasteiger partial charge < -0.3 is 5.11 Å². The van der Waals surface area contributed by atoms with E-state index in [1.54, 1.807) is 11.3 Å². The third-order valence-electron chi connectivity index (χ3n) is 4.16. The molecule has 0 radical (unpaired) electrons. The summed E-state index contributed by atoms with van der Waals surface area (Å²) in [4.78, 5) is 1.29. The first-order valence-corrected chi connectivity index (χ1v) is 8.39. The average molecular weight is 331 g/mol. The summed E-state index contributed by atoms with van der Waals surface area (Å²) < 4.78 is 1.16. The SMILES string of the molecule is CC(C)(C)C1CCCCC1(O)Cc1ccc(Br)s1. The van der Waals surface area contributed by atoms with Crippen LogP contribution >= 0.6 is 27.3 Å². The highest BCUT2D eigenvalue weighted by atomic mass is 79.9. The summed E-state index contributed by atoms with van der Waals surface area (Å²) in [5, 5.41) is 11.1. The Balaban J connectivity index is 2.20. The lowest BCUT2D eigenvalue weighted by Gasteiger charge is -2.47. The van der Waals surface area contributed by atoms with Gasteiger partial charge in [-0.15, -0.1) is 11.3 Å². The fourth-order valence-electron chi connectivity index (χ4n) is 3.42. The minimum atomic E-state index is -0.513. The molecule has 1 nitrogen and oxygen atoms in total. The maximum absolute atomic E-state index is 11.1. The van der Waals surface area contributed by atoms with Crippen LogP contribution in [-0.2, 0) is 6.42 Å². The zero-order valence-corrected chi connectivity index (χ0v) is 13.9. The summed E-state index contributed by atoms with van der Waals surface area (Å²) in [5.74, 6) is 0.402. The molecular formula is C15H23BrOS. The van der Waals surface area contributed by atoms with Crippen molar-refractivity contribution in [2.45, 2.75) is 58.5 Å². The van der Waals surface area contributed by atoms with Gasteiger partial charge in [0.2, 0.25) is 0 Å². The number of halogens is 1. The lowest BCUT2D eigenvalue weighted by Crippen LogP contribution is -2.48. The molecule has 1 aliphatic carbocycles. The quantitative estimate of drug-likeness (QED) is 0.807. The van der Waals surface area contributed by atoms with E-state index in [9.17, 15) is 5.11 Å². The Labute approximate surface area is 123 Å². The van der Waals surface area contributed by atoms with Gasteiger partial charge in [0.1, 0.15) is 0 Å². The highest BCUT2D eigenvalue weighted by Gasteiger charge is 2.44. The van der Waals surface area contributed by atoms with Crippen LogP contribution in [0.2, 0.25) is 0 Å². The predicted octanol–water partition coefficient (Wildman–Crippen LogP) is 5.02. The Morgan fingerprint density at radius 2 is 2.11 bits per heavy atom. The molecule has 0 bridgehead atoms. The molecule has 1 fully saturated rings. The Bertz CT molecular complexity index is 407. The van der Waals surface area contributed by atoms with E-state index in [0.717, 1.165) is 29.5 Å². The first-order chi connectivity index (χ1) is 8.31. The van der Waals surface area contributed by atoms with E-state index < -0.39 is 5.60 Å². The molecule has 1 heterocycles. The molecule has 2 unspecified atom stereocenters. The van der Waals surface area contributed by atoms with Crippen molar-refractivity contribution in [1.29, 1.82) is 0 Å². The third kappa shape index (κ3) is 3.17. The largest absolute Gasteiger partial charge is 0.389 e. The minimum absolute atomic E-state index is 0.184. The van der Waals surface area contributed by atoms with Gasteiger partial charge >= 0.3 is 0 Å². The van der Waals surface area contributed by atoms with Gasteiger partial charge in [-0.25, -0.2) is 0 Å². The number of aliphatic hydroxyl groups is 1. The van der Waals surface area contributed by atoms with E-state index in [-0.39, 0.29) is 5.41 Å². The van der Waals surface area contributed by atoms with Crippen LogP contribution in [0.5, 0.6) is 0 Å². The van der Waals surface area contributed by atoms with Crippen LogP contribution < -0.4 is 0 Å². The molecule has 2 atom stereocenters. The molecule has 0 aliphatic heterocycles. The van der Waals surface area contributed by atoms with Crippen molar-refractivity contribution in [2.24, 2.45) is 11.3 Å². The second-order valence-corrected chi connectivity index (χ2v) is 9.20. The summed E-state index contributed by atoms with van der Waals surface area (Å²) in [7, 11) is 0. The number of rotatable bonds is 2. The van der Waals surface area contributed by atoms with E-state index in [2.05, 4.69) is 48.8 Å². The van der Waals surface area contributed by atoms with E-state index in [4.69, 9.17) is 0 Å². The molecule has 0 amide bonds. The molecule has 0 spiro atoms. The molecular weight excluding hydrogens is 308 g/mol. The van der Waals surface area contributed by atoms with Crippen molar-refractivity contribution >= 4 is 27.3 Å². The summed E-state index contributed by atoms with van der Waals surface area (Å²) in [6.45, 7) is 6.79. The van der Waals surface area contributed by atoms with Crippen LogP contribution in [0.3, 0.4) is 0 Å². The van der Waals surface area contributed by atoms with Crippen LogP contribution in [0, 0.1) is 11.3 Å². The molecule has 18 heavy (non-hydrogen) atoms. The van der Waals surface area contributed by atoms with Crippen molar-refractivity contribution in [1.82, 2.24) is 0 Å². The van der Waals surface area contributed by atoms with Crippen molar-refractivity contribution in [3.05, 3.63) is 20.8 Å². The molecule has 0 aromatic carbocycles. The molecule has 3 heteroatoms. The first kappa shape index (κ1) is 14.5. The monoisotopic (exact) mass is 330 g/mol. The Hall–Kier alpha value is 0.140. The fourth-order valence-corrected chi connectivity index (χ4v) is 5.02. The van der Waals surface area contributed by atoms with E-state index in [1.807, 2.05) is 0 Å². The highest BCUT2D eigenvalue weighted by molar-refractivity contribution is 9.11. The fraction of sp³-hybridized carbons (Fsp3) is 0.733. The molecule has 1 aromatic rings. The van der Waals surface area contributed by atoms with Crippen molar-refractivity contribution in [3.63, 3.8) is 0 Å². The molecule has 1 N–H and O–H groups in total. The molecule has 0 saturated heterocycles. The van der Waals surface area contributed by atoms with Crippen molar-refractivity contribution < 1.29 is 5.11 Å². The van der Waals surface area contributed by atoms with Crippen molar-refractivity contribution in [3.8, 4) is 0 Å². The van der Waals surface area contributed by atoms with Crippen molar-refractivity contribution in [2.75, 3.05) is 0 Å². The first-order valence-electron chi connectivity index (χ1n) is 6.78. The summed E-state index contributed by atoms with van der Waals surface area (Å²) >= 11 is 5.26.